The fourth-order valence-electron chi connectivity index (χ4n) is 2.96. The average molecular weight is 353 g/mol. The lowest BCUT2D eigenvalue weighted by atomic mass is 10.0. The van der Waals surface area contributed by atoms with Gasteiger partial charge in [0, 0.05) is 31.8 Å². The first kappa shape index (κ1) is 16.9. The largest absolute Gasteiger partial charge is 0.377 e. The number of aromatic nitrogens is 3. The molecule has 6 nitrogen and oxygen atoms in total. The third kappa shape index (κ3) is 3.42. The van der Waals surface area contributed by atoms with E-state index in [1.165, 1.54) is 18.2 Å². The summed E-state index contributed by atoms with van der Waals surface area (Å²) >= 11 is 5.76. The molecule has 1 fully saturated rings. The van der Waals surface area contributed by atoms with Gasteiger partial charge in [-0.1, -0.05) is 11.6 Å². The number of hydrogen-bond donors (Lipinski definition) is 0. The van der Waals surface area contributed by atoms with Crippen LogP contribution in [-0.2, 0) is 11.3 Å². The number of carbonyl (C=O) groups excluding carboxylic acids is 1. The Labute approximate surface area is 144 Å². The predicted molar refractivity (Wildman–Crippen MR) is 86.3 cm³/mol. The number of benzene rings is 1. The Bertz CT molecular complexity index is 729. The topological polar surface area (TPSA) is 60.3 Å². The Morgan fingerprint density at radius 1 is 1.42 bits per heavy atom. The van der Waals surface area contributed by atoms with Crippen LogP contribution in [0.25, 0.3) is 0 Å². The summed E-state index contributed by atoms with van der Waals surface area (Å²) in [6.45, 7) is 1.64. The van der Waals surface area contributed by atoms with Gasteiger partial charge in [-0.25, -0.2) is 4.39 Å². The summed E-state index contributed by atoms with van der Waals surface area (Å²) in [6.07, 6.45) is 3.31. The van der Waals surface area contributed by atoms with Gasteiger partial charge in [-0.15, -0.1) is 10.2 Å². The molecule has 1 aliphatic heterocycles. The van der Waals surface area contributed by atoms with Gasteiger partial charge in [0.25, 0.3) is 5.91 Å². The van der Waals surface area contributed by atoms with Crippen LogP contribution in [0.15, 0.2) is 24.5 Å². The third-order valence-electron chi connectivity index (χ3n) is 4.23. The summed E-state index contributed by atoms with van der Waals surface area (Å²) in [6, 6.07) is 4.30. The second-order valence-corrected chi connectivity index (χ2v) is 6.15. The molecule has 128 valence electrons. The first-order chi connectivity index (χ1) is 11.6. The smallest absolute Gasteiger partial charge is 0.253 e. The van der Waals surface area contributed by atoms with Gasteiger partial charge in [-0.2, -0.15) is 0 Å². The molecule has 0 spiro atoms. The Morgan fingerprint density at radius 2 is 2.17 bits per heavy atom. The normalized spacial score (nSPS) is 15.7. The molecule has 0 atom stereocenters. The van der Waals surface area contributed by atoms with Crippen molar-refractivity contribution in [3.63, 3.8) is 0 Å². The van der Waals surface area contributed by atoms with Crippen LogP contribution in [-0.4, -0.2) is 45.8 Å². The van der Waals surface area contributed by atoms with E-state index in [2.05, 4.69) is 10.2 Å². The zero-order chi connectivity index (χ0) is 17.1. The summed E-state index contributed by atoms with van der Waals surface area (Å²) in [7, 11) is 1.62. The molecule has 1 amide bonds. The van der Waals surface area contributed by atoms with E-state index in [4.69, 9.17) is 16.3 Å². The number of methoxy groups -OCH3 is 1. The van der Waals surface area contributed by atoms with Crippen molar-refractivity contribution in [3.05, 3.63) is 46.8 Å². The van der Waals surface area contributed by atoms with Gasteiger partial charge in [-0.3, -0.25) is 4.79 Å². The Hall–Kier alpha value is -1.99. The van der Waals surface area contributed by atoms with E-state index >= 15 is 0 Å². The van der Waals surface area contributed by atoms with Crippen molar-refractivity contribution in [1.29, 1.82) is 0 Å². The molecule has 0 unspecified atom stereocenters. The van der Waals surface area contributed by atoms with E-state index in [-0.39, 0.29) is 17.0 Å². The summed E-state index contributed by atoms with van der Waals surface area (Å²) in [5, 5.41) is 7.96. The molecule has 0 radical (unpaired) electrons. The maximum Gasteiger partial charge on any atom is 0.253 e. The summed E-state index contributed by atoms with van der Waals surface area (Å²) < 4.78 is 20.4. The lowest BCUT2D eigenvalue weighted by Crippen LogP contribution is -2.39. The van der Waals surface area contributed by atoms with Crippen molar-refractivity contribution < 1.29 is 13.9 Å². The summed E-state index contributed by atoms with van der Waals surface area (Å²) in [5.41, 5.74) is 0.407. The number of amides is 1. The average Bonchev–Trinajstić information content (AvgIpc) is 3.05. The molecule has 24 heavy (non-hydrogen) atoms. The highest BCUT2D eigenvalue weighted by molar-refractivity contribution is 6.31. The standard InChI is InChI=1S/C16H18ClFN4O2/c1-24-9-15-20-19-10-22(15)12-4-6-21(7-5-12)16(23)11-2-3-14(18)13(17)8-11/h2-3,8,10,12H,4-7,9H2,1H3. The molecule has 1 aromatic carbocycles. The minimum atomic E-state index is -0.523. The van der Waals surface area contributed by atoms with E-state index in [0.29, 0.717) is 25.3 Å². The Kier molecular flexibility index (Phi) is 5.11. The van der Waals surface area contributed by atoms with Crippen LogP contribution in [0.3, 0.4) is 0 Å². The maximum absolute atomic E-state index is 13.2. The van der Waals surface area contributed by atoms with Crippen molar-refractivity contribution >= 4 is 17.5 Å². The molecular weight excluding hydrogens is 335 g/mol. The second-order valence-electron chi connectivity index (χ2n) is 5.74. The van der Waals surface area contributed by atoms with Gasteiger partial charge >= 0.3 is 0 Å². The summed E-state index contributed by atoms with van der Waals surface area (Å²) in [5.74, 6) is 0.133. The van der Waals surface area contributed by atoms with Gasteiger partial charge in [0.2, 0.25) is 0 Å². The van der Waals surface area contributed by atoms with E-state index in [1.807, 2.05) is 4.57 Å². The number of rotatable bonds is 4. The number of likely N-dealkylation sites (tertiary alicyclic amines) is 1. The fourth-order valence-corrected chi connectivity index (χ4v) is 3.14. The van der Waals surface area contributed by atoms with Crippen LogP contribution in [0.1, 0.15) is 35.1 Å². The molecule has 1 saturated heterocycles. The monoisotopic (exact) mass is 352 g/mol. The number of nitrogens with zero attached hydrogens (tertiary/aromatic N) is 4. The van der Waals surface area contributed by atoms with Crippen LogP contribution in [0.5, 0.6) is 0 Å². The minimum absolute atomic E-state index is 0.0376. The van der Waals surface area contributed by atoms with Crippen molar-refractivity contribution in [2.45, 2.75) is 25.5 Å². The van der Waals surface area contributed by atoms with Crippen molar-refractivity contribution in [2.24, 2.45) is 0 Å². The molecule has 8 heteroatoms. The number of halogens is 2. The van der Waals surface area contributed by atoms with Crippen LogP contribution >= 0.6 is 11.6 Å². The van der Waals surface area contributed by atoms with Gasteiger partial charge in [0.15, 0.2) is 5.82 Å². The minimum Gasteiger partial charge on any atom is -0.377 e. The van der Waals surface area contributed by atoms with E-state index in [1.54, 1.807) is 18.3 Å². The van der Waals surface area contributed by atoms with Gasteiger partial charge in [-0.05, 0) is 31.0 Å². The highest BCUT2D eigenvalue weighted by Crippen LogP contribution is 2.25. The molecule has 0 saturated carbocycles. The van der Waals surface area contributed by atoms with Gasteiger partial charge in [0.1, 0.15) is 18.8 Å². The lowest BCUT2D eigenvalue weighted by molar-refractivity contribution is 0.0690. The molecule has 0 bridgehead atoms. The highest BCUT2D eigenvalue weighted by Gasteiger charge is 2.26. The number of hydrogen-bond acceptors (Lipinski definition) is 4. The molecule has 1 aromatic heterocycles. The van der Waals surface area contributed by atoms with Crippen LogP contribution < -0.4 is 0 Å². The molecule has 2 aromatic rings. The van der Waals surface area contributed by atoms with Gasteiger partial charge < -0.3 is 14.2 Å². The van der Waals surface area contributed by atoms with Crippen LogP contribution in [0.4, 0.5) is 4.39 Å². The highest BCUT2D eigenvalue weighted by atomic mass is 35.5. The first-order valence-electron chi connectivity index (χ1n) is 7.71. The second kappa shape index (κ2) is 7.27. The zero-order valence-corrected chi connectivity index (χ0v) is 14.0. The van der Waals surface area contributed by atoms with Crippen LogP contribution in [0.2, 0.25) is 5.02 Å². The predicted octanol–water partition coefficient (Wildman–Crippen LogP) is 2.69. The maximum atomic E-state index is 13.2. The van der Waals surface area contributed by atoms with E-state index in [0.717, 1.165) is 18.7 Å². The fraction of sp³-hybridized carbons (Fsp3) is 0.438. The Balaban J connectivity index is 1.65. The quantitative estimate of drug-likeness (QED) is 0.848. The van der Waals surface area contributed by atoms with Crippen molar-refractivity contribution in [2.75, 3.05) is 20.2 Å². The van der Waals surface area contributed by atoms with E-state index in [9.17, 15) is 9.18 Å². The van der Waals surface area contributed by atoms with Gasteiger partial charge in [0.05, 0.1) is 5.02 Å². The van der Waals surface area contributed by atoms with Crippen molar-refractivity contribution in [3.8, 4) is 0 Å². The Morgan fingerprint density at radius 3 is 2.83 bits per heavy atom. The molecule has 3 rings (SSSR count). The molecule has 0 aliphatic carbocycles. The number of carbonyl (C=O) groups is 1. The zero-order valence-electron chi connectivity index (χ0n) is 13.3. The first-order valence-corrected chi connectivity index (χ1v) is 8.09. The third-order valence-corrected chi connectivity index (χ3v) is 4.52. The van der Waals surface area contributed by atoms with Crippen molar-refractivity contribution in [1.82, 2.24) is 19.7 Å². The van der Waals surface area contributed by atoms with E-state index < -0.39 is 5.82 Å². The number of ether oxygens (including phenoxy) is 1. The molecular formula is C16H18ClFN4O2. The molecule has 0 N–H and O–H groups in total. The van der Waals surface area contributed by atoms with Crippen LogP contribution in [0, 0.1) is 5.82 Å². The number of piperidine rings is 1. The molecule has 2 heterocycles. The summed E-state index contributed by atoms with van der Waals surface area (Å²) in [4.78, 5) is 14.3. The molecule has 1 aliphatic rings. The SMILES string of the molecule is COCc1nncn1C1CCN(C(=O)c2ccc(F)c(Cl)c2)CC1. The lowest BCUT2D eigenvalue weighted by Gasteiger charge is -2.33.